The van der Waals surface area contributed by atoms with E-state index in [4.69, 9.17) is 4.74 Å². The van der Waals surface area contributed by atoms with Crippen LogP contribution >= 0.6 is 0 Å². The van der Waals surface area contributed by atoms with Crippen LogP contribution in [0.4, 0.5) is 0 Å². The quantitative estimate of drug-likeness (QED) is 0.472. The summed E-state index contributed by atoms with van der Waals surface area (Å²) in [6.45, 7) is 2.66. The summed E-state index contributed by atoms with van der Waals surface area (Å²) in [5.74, 6) is -0.744. The van der Waals surface area contributed by atoms with Gasteiger partial charge >= 0.3 is 5.97 Å². The third kappa shape index (κ3) is 7.26. The summed E-state index contributed by atoms with van der Waals surface area (Å²) in [5.41, 5.74) is 1.79. The van der Waals surface area contributed by atoms with Gasteiger partial charge in [0.05, 0.1) is 6.54 Å². The molecule has 0 atom stereocenters. The molecule has 0 fully saturated rings. The highest BCUT2D eigenvalue weighted by atomic mass is 16.5. The molecular formula is C23H29NO3. The molecule has 2 rings (SSSR count). The van der Waals surface area contributed by atoms with E-state index in [0.29, 0.717) is 13.0 Å². The summed E-state index contributed by atoms with van der Waals surface area (Å²) >= 11 is 0. The molecule has 4 nitrogen and oxygen atoms in total. The van der Waals surface area contributed by atoms with Gasteiger partial charge in [-0.2, -0.15) is 0 Å². The van der Waals surface area contributed by atoms with Crippen molar-refractivity contribution in [2.24, 2.45) is 0 Å². The maximum absolute atomic E-state index is 12.7. The Morgan fingerprint density at radius 1 is 0.889 bits per heavy atom. The molecule has 0 saturated carbocycles. The summed E-state index contributed by atoms with van der Waals surface area (Å²) in [5, 5.41) is 2.82. The van der Waals surface area contributed by atoms with Gasteiger partial charge in [0.1, 0.15) is 12.5 Å². The number of unbranched alkanes of at least 4 members (excludes halogenated alkanes) is 3. The fourth-order valence-electron chi connectivity index (χ4n) is 2.98. The van der Waals surface area contributed by atoms with E-state index in [1.54, 1.807) is 0 Å². The van der Waals surface area contributed by atoms with Crippen LogP contribution in [-0.4, -0.2) is 25.0 Å². The Morgan fingerprint density at radius 2 is 1.48 bits per heavy atom. The van der Waals surface area contributed by atoms with Crippen LogP contribution in [0.3, 0.4) is 0 Å². The van der Waals surface area contributed by atoms with Crippen molar-refractivity contribution >= 4 is 11.9 Å². The molecule has 27 heavy (non-hydrogen) atoms. The van der Waals surface area contributed by atoms with Crippen LogP contribution in [-0.2, 0) is 14.3 Å². The van der Waals surface area contributed by atoms with Gasteiger partial charge in [-0.15, -0.1) is 0 Å². The number of hydrogen-bond acceptors (Lipinski definition) is 3. The number of hydrogen-bond donors (Lipinski definition) is 1. The largest absolute Gasteiger partial charge is 0.463 e. The highest BCUT2D eigenvalue weighted by Crippen LogP contribution is 2.25. The summed E-state index contributed by atoms with van der Waals surface area (Å²) < 4.78 is 5.45. The second kappa shape index (κ2) is 11.9. The molecular weight excluding hydrogens is 338 g/mol. The van der Waals surface area contributed by atoms with Crippen LogP contribution in [0.5, 0.6) is 0 Å². The predicted octanol–water partition coefficient (Wildman–Crippen LogP) is 4.45. The fraction of sp³-hybridized carbons (Fsp3) is 0.391. The first kappa shape index (κ1) is 20.7. The van der Waals surface area contributed by atoms with Crippen LogP contribution in [0.15, 0.2) is 60.7 Å². The van der Waals surface area contributed by atoms with Crippen molar-refractivity contribution in [3.05, 3.63) is 71.8 Å². The minimum absolute atomic E-state index is 0.0184. The number of amides is 1. The van der Waals surface area contributed by atoms with E-state index >= 15 is 0 Å². The van der Waals surface area contributed by atoms with Gasteiger partial charge in [-0.25, -0.2) is 0 Å². The number of esters is 1. The number of nitrogens with one attached hydrogen (secondary N) is 1. The van der Waals surface area contributed by atoms with Crippen molar-refractivity contribution in [2.45, 2.75) is 44.9 Å². The molecule has 1 N–H and O–H groups in total. The van der Waals surface area contributed by atoms with Crippen molar-refractivity contribution in [1.82, 2.24) is 5.32 Å². The molecule has 0 aliphatic heterocycles. The zero-order chi connectivity index (χ0) is 19.3. The normalized spacial score (nSPS) is 10.6. The van der Waals surface area contributed by atoms with E-state index in [2.05, 4.69) is 12.2 Å². The monoisotopic (exact) mass is 367 g/mol. The SMILES string of the molecule is CCCCCCC(=O)NCCOC(=O)C(c1ccccc1)c1ccccc1. The summed E-state index contributed by atoms with van der Waals surface area (Å²) in [4.78, 5) is 24.5. The van der Waals surface area contributed by atoms with E-state index in [1.807, 2.05) is 60.7 Å². The second-order valence-electron chi connectivity index (χ2n) is 6.58. The maximum Gasteiger partial charge on any atom is 0.317 e. The number of ether oxygens (including phenoxy) is 1. The van der Waals surface area contributed by atoms with Crippen LogP contribution in [0.25, 0.3) is 0 Å². The first-order valence-electron chi connectivity index (χ1n) is 9.75. The van der Waals surface area contributed by atoms with Crippen molar-refractivity contribution in [1.29, 1.82) is 0 Å². The number of carbonyl (C=O) groups excluding carboxylic acids is 2. The Morgan fingerprint density at radius 3 is 2.04 bits per heavy atom. The smallest absolute Gasteiger partial charge is 0.317 e. The molecule has 0 aliphatic carbocycles. The van der Waals surface area contributed by atoms with E-state index in [0.717, 1.165) is 36.8 Å². The highest BCUT2D eigenvalue weighted by Gasteiger charge is 2.23. The van der Waals surface area contributed by atoms with E-state index in [9.17, 15) is 9.59 Å². The molecule has 0 aromatic heterocycles. The molecule has 0 saturated heterocycles. The van der Waals surface area contributed by atoms with Crippen LogP contribution in [0.1, 0.15) is 56.1 Å². The van der Waals surface area contributed by atoms with Gasteiger partial charge in [-0.1, -0.05) is 86.8 Å². The minimum atomic E-state index is -0.461. The second-order valence-corrected chi connectivity index (χ2v) is 6.58. The zero-order valence-corrected chi connectivity index (χ0v) is 16.0. The van der Waals surface area contributed by atoms with Crippen molar-refractivity contribution in [3.8, 4) is 0 Å². The van der Waals surface area contributed by atoms with Gasteiger partial charge in [0, 0.05) is 6.42 Å². The summed E-state index contributed by atoms with van der Waals surface area (Å²) in [6.07, 6.45) is 4.83. The third-order valence-electron chi connectivity index (χ3n) is 4.43. The fourth-order valence-corrected chi connectivity index (χ4v) is 2.98. The molecule has 2 aromatic rings. The lowest BCUT2D eigenvalue weighted by Gasteiger charge is -2.17. The van der Waals surface area contributed by atoms with E-state index in [-0.39, 0.29) is 18.5 Å². The van der Waals surface area contributed by atoms with Gasteiger partial charge in [0.2, 0.25) is 5.91 Å². The summed E-state index contributed by atoms with van der Waals surface area (Å²) in [6, 6.07) is 19.2. The lowest BCUT2D eigenvalue weighted by Crippen LogP contribution is -2.29. The highest BCUT2D eigenvalue weighted by molar-refractivity contribution is 5.82. The first-order valence-corrected chi connectivity index (χ1v) is 9.75. The molecule has 4 heteroatoms. The van der Waals surface area contributed by atoms with Crippen molar-refractivity contribution in [3.63, 3.8) is 0 Å². The standard InChI is InChI=1S/C23H29NO3/c1-2-3-4-11-16-21(25)24-17-18-27-23(26)22(19-12-7-5-8-13-19)20-14-9-6-10-15-20/h5-10,12-15,22H,2-4,11,16-18H2,1H3,(H,24,25). The maximum atomic E-state index is 12.7. The van der Waals surface area contributed by atoms with Gasteiger partial charge in [0.25, 0.3) is 0 Å². The van der Waals surface area contributed by atoms with Gasteiger partial charge < -0.3 is 10.1 Å². The average molecular weight is 367 g/mol. The zero-order valence-electron chi connectivity index (χ0n) is 16.0. The molecule has 144 valence electrons. The predicted molar refractivity (Wildman–Crippen MR) is 107 cm³/mol. The number of benzene rings is 2. The summed E-state index contributed by atoms with van der Waals surface area (Å²) in [7, 11) is 0. The molecule has 0 heterocycles. The molecule has 0 bridgehead atoms. The molecule has 0 spiro atoms. The number of rotatable bonds is 11. The minimum Gasteiger partial charge on any atom is -0.463 e. The lowest BCUT2D eigenvalue weighted by molar-refractivity contribution is -0.144. The Kier molecular flexibility index (Phi) is 9.11. The third-order valence-corrected chi connectivity index (χ3v) is 4.43. The van der Waals surface area contributed by atoms with Crippen molar-refractivity contribution < 1.29 is 14.3 Å². The van der Waals surface area contributed by atoms with Gasteiger partial charge in [-0.3, -0.25) is 9.59 Å². The molecule has 1 amide bonds. The van der Waals surface area contributed by atoms with Gasteiger partial charge in [-0.05, 0) is 17.5 Å². The molecule has 0 radical (unpaired) electrons. The van der Waals surface area contributed by atoms with Crippen molar-refractivity contribution in [2.75, 3.05) is 13.2 Å². The Hall–Kier alpha value is -2.62. The average Bonchev–Trinajstić information content (AvgIpc) is 2.70. The van der Waals surface area contributed by atoms with Crippen LogP contribution < -0.4 is 5.32 Å². The van der Waals surface area contributed by atoms with Gasteiger partial charge in [0.15, 0.2) is 0 Å². The molecule has 2 aromatic carbocycles. The van der Waals surface area contributed by atoms with Crippen LogP contribution in [0.2, 0.25) is 0 Å². The first-order chi connectivity index (χ1) is 13.2. The topological polar surface area (TPSA) is 55.4 Å². The molecule has 0 aliphatic rings. The Bertz CT molecular complexity index is 646. The Labute approximate surface area is 161 Å². The van der Waals surface area contributed by atoms with E-state index < -0.39 is 5.92 Å². The lowest BCUT2D eigenvalue weighted by atomic mass is 9.91. The Balaban J connectivity index is 1.84. The van der Waals surface area contributed by atoms with Crippen LogP contribution in [0, 0.1) is 0 Å². The molecule has 0 unspecified atom stereocenters. The number of carbonyl (C=O) groups is 2. The van der Waals surface area contributed by atoms with E-state index in [1.165, 1.54) is 0 Å².